The zero-order valence-corrected chi connectivity index (χ0v) is 16.4. The third kappa shape index (κ3) is 3.77. The summed E-state index contributed by atoms with van der Waals surface area (Å²) in [6.07, 6.45) is 0. The van der Waals surface area contributed by atoms with Gasteiger partial charge in [-0.3, -0.25) is 14.4 Å². The average molecular weight is 399 g/mol. The second kappa shape index (κ2) is 7.86. The molecule has 1 heterocycles. The van der Waals surface area contributed by atoms with Crippen LogP contribution < -0.4 is 15.2 Å². The van der Waals surface area contributed by atoms with Gasteiger partial charge in [-0.2, -0.15) is 0 Å². The first-order valence-corrected chi connectivity index (χ1v) is 9.07. The summed E-state index contributed by atoms with van der Waals surface area (Å²) in [5, 5.41) is 1.00. The van der Waals surface area contributed by atoms with Gasteiger partial charge in [-0.25, -0.2) is 0 Å². The van der Waals surface area contributed by atoms with Gasteiger partial charge in [0.1, 0.15) is 5.56 Å². The first-order valence-electron chi connectivity index (χ1n) is 8.70. The van der Waals surface area contributed by atoms with Gasteiger partial charge in [-0.1, -0.05) is 37.6 Å². The maximum atomic E-state index is 13.1. The van der Waals surface area contributed by atoms with Crippen LogP contribution in [0.1, 0.15) is 24.2 Å². The molecule has 0 bridgehead atoms. The Kier molecular flexibility index (Phi) is 5.51. The zero-order valence-electron chi connectivity index (χ0n) is 15.7. The van der Waals surface area contributed by atoms with E-state index in [0.29, 0.717) is 21.6 Å². The Hall–Kier alpha value is -3.12. The van der Waals surface area contributed by atoms with Crippen molar-refractivity contribution < 1.29 is 14.3 Å². The minimum absolute atomic E-state index is 0.0381. The molecule has 7 heteroatoms. The Morgan fingerprint density at radius 2 is 1.71 bits per heavy atom. The normalized spacial score (nSPS) is 10.9. The molecule has 1 amide bonds. The lowest BCUT2D eigenvalue weighted by molar-refractivity contribution is -0.137. The van der Waals surface area contributed by atoms with E-state index in [-0.39, 0.29) is 11.3 Å². The molecule has 0 unspecified atom stereocenters. The number of pyridine rings is 1. The number of hydrogen-bond acceptors (Lipinski definition) is 4. The molecule has 28 heavy (non-hydrogen) atoms. The average Bonchev–Trinajstić information content (AvgIpc) is 2.67. The number of rotatable bonds is 4. The van der Waals surface area contributed by atoms with Crippen LogP contribution in [-0.2, 0) is 4.79 Å². The molecule has 0 aliphatic carbocycles. The Morgan fingerprint density at radius 1 is 1.07 bits per heavy atom. The van der Waals surface area contributed by atoms with Gasteiger partial charge in [0.15, 0.2) is 5.75 Å². The number of fused-ring (bicyclic) bond motifs is 1. The van der Waals surface area contributed by atoms with E-state index in [1.54, 1.807) is 62.4 Å². The fourth-order valence-corrected chi connectivity index (χ4v) is 2.81. The van der Waals surface area contributed by atoms with E-state index in [4.69, 9.17) is 16.3 Å². The number of amides is 1. The van der Waals surface area contributed by atoms with Crippen LogP contribution in [0, 0.1) is 5.92 Å². The molecule has 0 saturated carbocycles. The number of halogens is 1. The molecule has 1 aromatic heterocycles. The fraction of sp³-hybridized carbons (Fsp3) is 0.190. The lowest BCUT2D eigenvalue weighted by Gasteiger charge is -2.19. The highest BCUT2D eigenvalue weighted by Crippen LogP contribution is 2.29. The van der Waals surface area contributed by atoms with Gasteiger partial charge in [0.05, 0.1) is 11.4 Å². The number of benzene rings is 2. The van der Waals surface area contributed by atoms with E-state index >= 15 is 0 Å². The van der Waals surface area contributed by atoms with Gasteiger partial charge in [0.25, 0.3) is 11.5 Å². The molecule has 0 aliphatic heterocycles. The van der Waals surface area contributed by atoms with Crippen LogP contribution in [0.15, 0.2) is 53.3 Å². The lowest BCUT2D eigenvalue weighted by Crippen LogP contribution is -2.33. The topological polar surface area (TPSA) is 79.5 Å². The molecular weight excluding hydrogens is 380 g/mol. The van der Waals surface area contributed by atoms with Crippen LogP contribution in [0.5, 0.6) is 5.75 Å². The van der Waals surface area contributed by atoms with Crippen molar-refractivity contribution in [2.75, 3.05) is 11.9 Å². The summed E-state index contributed by atoms with van der Waals surface area (Å²) in [4.78, 5) is 42.1. The number of para-hydroxylation sites is 1. The predicted octanol–water partition coefficient (Wildman–Crippen LogP) is 4.02. The van der Waals surface area contributed by atoms with Crippen molar-refractivity contribution in [3.8, 4) is 5.75 Å². The fourth-order valence-electron chi connectivity index (χ4n) is 2.68. The van der Waals surface area contributed by atoms with Crippen molar-refractivity contribution >= 4 is 40.1 Å². The van der Waals surface area contributed by atoms with E-state index < -0.39 is 23.4 Å². The SMILES string of the molecule is CC(C)C(=O)Oc1c(C(=O)N(C)c2ccc(Cl)cc2)c(=O)[nH]c2ccccc12. The molecule has 2 aromatic carbocycles. The summed E-state index contributed by atoms with van der Waals surface area (Å²) in [5.74, 6) is -1.58. The number of carbonyl (C=O) groups is 2. The smallest absolute Gasteiger partial charge is 0.313 e. The van der Waals surface area contributed by atoms with E-state index in [0.717, 1.165) is 0 Å². The molecule has 0 radical (unpaired) electrons. The molecule has 0 aliphatic rings. The molecule has 0 fully saturated rings. The van der Waals surface area contributed by atoms with Crippen LogP contribution in [-0.4, -0.2) is 23.9 Å². The standard InChI is InChI=1S/C21H19ClN2O4/c1-12(2)21(27)28-18-15-6-4-5-7-16(15)23-19(25)17(18)20(26)24(3)14-10-8-13(22)9-11-14/h4-12H,1-3H3,(H,23,25). The van der Waals surface area contributed by atoms with Gasteiger partial charge in [-0.15, -0.1) is 0 Å². The Labute approximate surface area is 166 Å². The molecule has 3 aromatic rings. The molecule has 3 rings (SSSR count). The van der Waals surface area contributed by atoms with Gasteiger partial charge < -0.3 is 14.6 Å². The highest BCUT2D eigenvalue weighted by Gasteiger charge is 2.26. The maximum Gasteiger partial charge on any atom is 0.313 e. The number of H-pyrrole nitrogens is 1. The summed E-state index contributed by atoms with van der Waals surface area (Å²) in [6, 6.07) is 13.5. The number of anilines is 1. The maximum absolute atomic E-state index is 13.1. The molecule has 0 spiro atoms. The van der Waals surface area contributed by atoms with Crippen molar-refractivity contribution in [3.05, 3.63) is 69.5 Å². The summed E-state index contributed by atoms with van der Waals surface area (Å²) in [5.41, 5.74) is 0.161. The monoisotopic (exact) mass is 398 g/mol. The molecule has 0 saturated heterocycles. The minimum Gasteiger partial charge on any atom is -0.425 e. The number of esters is 1. The van der Waals surface area contributed by atoms with E-state index in [2.05, 4.69) is 4.98 Å². The number of aromatic nitrogens is 1. The van der Waals surface area contributed by atoms with Crippen molar-refractivity contribution in [1.29, 1.82) is 0 Å². The summed E-state index contributed by atoms with van der Waals surface area (Å²) >= 11 is 5.90. The summed E-state index contributed by atoms with van der Waals surface area (Å²) in [6.45, 7) is 3.36. The quantitative estimate of drug-likeness (QED) is 0.673. The molecule has 1 N–H and O–H groups in total. The minimum atomic E-state index is -0.629. The predicted molar refractivity (Wildman–Crippen MR) is 109 cm³/mol. The third-order valence-electron chi connectivity index (χ3n) is 4.28. The highest BCUT2D eigenvalue weighted by atomic mass is 35.5. The Bertz CT molecular complexity index is 1100. The van der Waals surface area contributed by atoms with Gasteiger partial charge in [-0.05, 0) is 36.4 Å². The first kappa shape index (κ1) is 19.6. The van der Waals surface area contributed by atoms with Crippen molar-refractivity contribution in [3.63, 3.8) is 0 Å². The molecule has 0 atom stereocenters. The van der Waals surface area contributed by atoms with Gasteiger partial charge in [0.2, 0.25) is 0 Å². The van der Waals surface area contributed by atoms with Crippen molar-refractivity contribution in [2.24, 2.45) is 5.92 Å². The highest BCUT2D eigenvalue weighted by molar-refractivity contribution is 6.30. The van der Waals surface area contributed by atoms with Gasteiger partial charge in [0, 0.05) is 23.1 Å². The number of carbonyl (C=O) groups excluding carboxylic acids is 2. The molecule has 144 valence electrons. The number of aromatic amines is 1. The van der Waals surface area contributed by atoms with E-state index in [1.807, 2.05) is 0 Å². The lowest BCUT2D eigenvalue weighted by atomic mass is 10.1. The molecule has 6 nitrogen and oxygen atoms in total. The number of nitrogens with one attached hydrogen (secondary N) is 1. The van der Waals surface area contributed by atoms with Crippen LogP contribution in [0.25, 0.3) is 10.9 Å². The van der Waals surface area contributed by atoms with E-state index in [9.17, 15) is 14.4 Å². The Morgan fingerprint density at radius 3 is 2.36 bits per heavy atom. The van der Waals surface area contributed by atoms with Crippen LogP contribution in [0.2, 0.25) is 5.02 Å². The van der Waals surface area contributed by atoms with Crippen molar-refractivity contribution in [2.45, 2.75) is 13.8 Å². The molecular formula is C21H19ClN2O4. The second-order valence-electron chi connectivity index (χ2n) is 6.62. The number of hydrogen-bond donors (Lipinski definition) is 1. The Balaban J connectivity index is 2.17. The van der Waals surface area contributed by atoms with Gasteiger partial charge >= 0.3 is 5.97 Å². The number of ether oxygens (including phenoxy) is 1. The third-order valence-corrected chi connectivity index (χ3v) is 4.53. The first-order chi connectivity index (χ1) is 13.3. The summed E-state index contributed by atoms with van der Waals surface area (Å²) in [7, 11) is 1.54. The number of nitrogens with zero attached hydrogens (tertiary/aromatic N) is 1. The van der Waals surface area contributed by atoms with Crippen LogP contribution in [0.4, 0.5) is 5.69 Å². The van der Waals surface area contributed by atoms with Crippen LogP contribution >= 0.6 is 11.6 Å². The van der Waals surface area contributed by atoms with E-state index in [1.165, 1.54) is 11.9 Å². The van der Waals surface area contributed by atoms with Crippen molar-refractivity contribution in [1.82, 2.24) is 4.98 Å². The largest absolute Gasteiger partial charge is 0.425 e. The van der Waals surface area contributed by atoms with Crippen LogP contribution in [0.3, 0.4) is 0 Å². The summed E-state index contributed by atoms with van der Waals surface area (Å²) < 4.78 is 5.50. The second-order valence-corrected chi connectivity index (χ2v) is 7.06. The zero-order chi connectivity index (χ0) is 20.4.